The quantitative estimate of drug-likeness (QED) is 0.772. The van der Waals surface area contributed by atoms with Crippen LogP contribution in [0.4, 0.5) is 13.2 Å². The summed E-state index contributed by atoms with van der Waals surface area (Å²) in [6, 6.07) is 4.97. The van der Waals surface area contributed by atoms with Gasteiger partial charge in [-0.3, -0.25) is 14.8 Å². The average molecular weight is 252 g/mol. The van der Waals surface area contributed by atoms with E-state index in [-0.39, 0.29) is 11.3 Å². The van der Waals surface area contributed by atoms with E-state index in [1.807, 2.05) is 0 Å². The Bertz CT molecular complexity index is 550. The van der Waals surface area contributed by atoms with E-state index >= 15 is 0 Å². The summed E-state index contributed by atoms with van der Waals surface area (Å²) in [5.74, 6) is -0.461. The molecule has 0 saturated heterocycles. The molecule has 2 rings (SSSR count). The van der Waals surface area contributed by atoms with Crippen molar-refractivity contribution in [1.29, 1.82) is 0 Å². The van der Waals surface area contributed by atoms with Crippen molar-refractivity contribution in [2.45, 2.75) is 6.18 Å². The first kappa shape index (κ1) is 12.2. The van der Waals surface area contributed by atoms with Gasteiger partial charge in [-0.05, 0) is 24.3 Å². The Kier molecular flexibility index (Phi) is 3.10. The molecule has 2 aromatic rings. The fourth-order valence-electron chi connectivity index (χ4n) is 1.34. The van der Waals surface area contributed by atoms with Crippen molar-refractivity contribution in [3.8, 4) is 0 Å². The zero-order valence-corrected chi connectivity index (χ0v) is 8.98. The first-order valence-corrected chi connectivity index (χ1v) is 4.96. The SMILES string of the molecule is O=C(c1cccnc1)c1ccc(C(F)(F)F)cn1. The van der Waals surface area contributed by atoms with Gasteiger partial charge in [-0.2, -0.15) is 13.2 Å². The Labute approximate surface area is 100 Å². The van der Waals surface area contributed by atoms with E-state index in [0.29, 0.717) is 6.20 Å². The van der Waals surface area contributed by atoms with E-state index in [2.05, 4.69) is 9.97 Å². The topological polar surface area (TPSA) is 42.9 Å². The highest BCUT2D eigenvalue weighted by molar-refractivity contribution is 6.07. The Morgan fingerprint density at radius 2 is 1.89 bits per heavy atom. The fraction of sp³-hybridized carbons (Fsp3) is 0.0833. The van der Waals surface area contributed by atoms with Crippen LogP contribution in [-0.2, 0) is 6.18 Å². The third-order valence-corrected chi connectivity index (χ3v) is 2.25. The van der Waals surface area contributed by atoms with Crippen molar-refractivity contribution in [2.24, 2.45) is 0 Å². The summed E-state index contributed by atoms with van der Waals surface area (Å²) in [5.41, 5.74) is -0.647. The summed E-state index contributed by atoms with van der Waals surface area (Å²) < 4.78 is 36.9. The molecule has 0 N–H and O–H groups in total. The lowest BCUT2D eigenvalue weighted by Gasteiger charge is -2.06. The molecule has 0 amide bonds. The zero-order valence-electron chi connectivity index (χ0n) is 8.98. The number of pyridine rings is 2. The lowest BCUT2D eigenvalue weighted by molar-refractivity contribution is -0.137. The normalized spacial score (nSPS) is 11.3. The van der Waals surface area contributed by atoms with Crippen LogP contribution >= 0.6 is 0 Å². The van der Waals surface area contributed by atoms with Gasteiger partial charge in [0.05, 0.1) is 5.56 Å². The van der Waals surface area contributed by atoms with Crippen molar-refractivity contribution in [1.82, 2.24) is 9.97 Å². The number of halogens is 3. The predicted molar refractivity (Wildman–Crippen MR) is 56.9 cm³/mol. The molecular formula is C12H7F3N2O. The number of hydrogen-bond acceptors (Lipinski definition) is 3. The van der Waals surface area contributed by atoms with Crippen molar-refractivity contribution < 1.29 is 18.0 Å². The molecule has 6 heteroatoms. The van der Waals surface area contributed by atoms with E-state index < -0.39 is 17.5 Å². The van der Waals surface area contributed by atoms with E-state index in [9.17, 15) is 18.0 Å². The van der Waals surface area contributed by atoms with Crippen LogP contribution in [0.25, 0.3) is 0 Å². The van der Waals surface area contributed by atoms with Crippen LogP contribution in [0.2, 0.25) is 0 Å². The highest BCUT2D eigenvalue weighted by atomic mass is 19.4. The molecular weight excluding hydrogens is 245 g/mol. The lowest BCUT2D eigenvalue weighted by atomic mass is 10.1. The molecule has 0 aromatic carbocycles. The molecule has 0 saturated carbocycles. The minimum absolute atomic E-state index is 0.0454. The van der Waals surface area contributed by atoms with E-state index in [4.69, 9.17) is 0 Å². The Hall–Kier alpha value is -2.24. The van der Waals surface area contributed by atoms with E-state index in [0.717, 1.165) is 12.1 Å². The molecule has 0 unspecified atom stereocenters. The standard InChI is InChI=1S/C12H7F3N2O/c13-12(14,15)9-3-4-10(17-7-9)11(18)8-2-1-5-16-6-8/h1-7H. The number of rotatable bonds is 2. The number of alkyl halides is 3. The van der Waals surface area contributed by atoms with Crippen LogP contribution < -0.4 is 0 Å². The third-order valence-electron chi connectivity index (χ3n) is 2.25. The number of aromatic nitrogens is 2. The molecule has 0 aliphatic heterocycles. The number of nitrogens with zero attached hydrogens (tertiary/aromatic N) is 2. The molecule has 0 atom stereocenters. The number of ketones is 1. The maximum Gasteiger partial charge on any atom is 0.417 e. The number of hydrogen-bond donors (Lipinski definition) is 0. The number of carbonyl (C=O) groups is 1. The summed E-state index contributed by atoms with van der Waals surface area (Å²) in [5, 5.41) is 0. The molecule has 0 aliphatic rings. The fourth-order valence-corrected chi connectivity index (χ4v) is 1.34. The van der Waals surface area contributed by atoms with Gasteiger partial charge >= 0.3 is 6.18 Å². The van der Waals surface area contributed by atoms with Crippen LogP contribution in [0.1, 0.15) is 21.6 Å². The summed E-state index contributed by atoms with van der Waals surface area (Å²) in [7, 11) is 0. The highest BCUT2D eigenvalue weighted by Crippen LogP contribution is 2.28. The molecule has 0 spiro atoms. The van der Waals surface area contributed by atoms with Gasteiger partial charge in [0.1, 0.15) is 5.69 Å². The largest absolute Gasteiger partial charge is 0.417 e. The Morgan fingerprint density at radius 3 is 2.39 bits per heavy atom. The molecule has 18 heavy (non-hydrogen) atoms. The second-order valence-electron chi connectivity index (χ2n) is 3.50. The Morgan fingerprint density at radius 1 is 1.11 bits per heavy atom. The second-order valence-corrected chi connectivity index (χ2v) is 3.50. The second kappa shape index (κ2) is 4.56. The molecule has 2 heterocycles. The molecule has 2 aromatic heterocycles. The summed E-state index contributed by atoms with van der Waals surface area (Å²) in [6.45, 7) is 0. The molecule has 3 nitrogen and oxygen atoms in total. The highest BCUT2D eigenvalue weighted by Gasteiger charge is 2.30. The smallest absolute Gasteiger partial charge is 0.287 e. The van der Waals surface area contributed by atoms with Crippen molar-refractivity contribution >= 4 is 5.78 Å². The molecule has 0 bridgehead atoms. The monoisotopic (exact) mass is 252 g/mol. The molecule has 0 fully saturated rings. The van der Waals surface area contributed by atoms with Gasteiger partial charge in [0.15, 0.2) is 0 Å². The summed E-state index contributed by atoms with van der Waals surface area (Å²) >= 11 is 0. The Balaban J connectivity index is 2.28. The van der Waals surface area contributed by atoms with Crippen LogP contribution in [0.15, 0.2) is 42.9 Å². The zero-order chi connectivity index (χ0) is 13.2. The maximum absolute atomic E-state index is 12.3. The summed E-state index contributed by atoms with van der Waals surface area (Å²) in [4.78, 5) is 19.1. The predicted octanol–water partition coefficient (Wildman–Crippen LogP) is 2.73. The first-order chi connectivity index (χ1) is 8.48. The van der Waals surface area contributed by atoms with Gasteiger partial charge in [-0.25, -0.2) is 0 Å². The van der Waals surface area contributed by atoms with Crippen LogP contribution in [0.3, 0.4) is 0 Å². The van der Waals surface area contributed by atoms with Crippen molar-refractivity contribution in [2.75, 3.05) is 0 Å². The van der Waals surface area contributed by atoms with E-state index in [1.165, 1.54) is 18.5 Å². The van der Waals surface area contributed by atoms with Crippen molar-refractivity contribution in [3.63, 3.8) is 0 Å². The van der Waals surface area contributed by atoms with Gasteiger partial charge in [-0.15, -0.1) is 0 Å². The lowest BCUT2D eigenvalue weighted by Crippen LogP contribution is -2.09. The van der Waals surface area contributed by atoms with Crippen LogP contribution in [-0.4, -0.2) is 15.8 Å². The van der Waals surface area contributed by atoms with Gasteiger partial charge in [-0.1, -0.05) is 0 Å². The summed E-state index contributed by atoms with van der Waals surface area (Å²) in [6.07, 6.45) is -0.981. The molecule has 92 valence electrons. The molecule has 0 aliphatic carbocycles. The average Bonchev–Trinajstić information content (AvgIpc) is 2.38. The molecule has 0 radical (unpaired) electrons. The van der Waals surface area contributed by atoms with Gasteiger partial charge in [0.2, 0.25) is 5.78 Å². The van der Waals surface area contributed by atoms with Crippen LogP contribution in [0, 0.1) is 0 Å². The minimum Gasteiger partial charge on any atom is -0.287 e. The van der Waals surface area contributed by atoms with Gasteiger partial charge in [0, 0.05) is 24.2 Å². The number of carbonyl (C=O) groups excluding carboxylic acids is 1. The third kappa shape index (κ3) is 2.53. The van der Waals surface area contributed by atoms with Crippen LogP contribution in [0.5, 0.6) is 0 Å². The van der Waals surface area contributed by atoms with Crippen molar-refractivity contribution in [3.05, 3.63) is 59.7 Å². The minimum atomic E-state index is -4.46. The van der Waals surface area contributed by atoms with E-state index in [1.54, 1.807) is 6.07 Å². The van der Waals surface area contributed by atoms with Gasteiger partial charge in [0.25, 0.3) is 0 Å². The first-order valence-electron chi connectivity index (χ1n) is 4.96. The maximum atomic E-state index is 12.3. The van der Waals surface area contributed by atoms with Gasteiger partial charge < -0.3 is 0 Å².